The molecule has 1 aromatic carbocycles. The molecule has 0 radical (unpaired) electrons. The van der Waals surface area contributed by atoms with Crippen LogP contribution in [0.25, 0.3) is 0 Å². The van der Waals surface area contributed by atoms with Crippen molar-refractivity contribution in [1.29, 1.82) is 0 Å². The number of hydrogen-bond donors (Lipinski definition) is 2. The van der Waals surface area contributed by atoms with Crippen LogP contribution in [0.3, 0.4) is 0 Å². The van der Waals surface area contributed by atoms with Crippen LogP contribution in [0.2, 0.25) is 0 Å². The van der Waals surface area contributed by atoms with Gasteiger partial charge in [0, 0.05) is 10.6 Å². The molecule has 0 saturated heterocycles. The van der Waals surface area contributed by atoms with Crippen molar-refractivity contribution < 1.29 is 28.2 Å². The molecule has 1 aliphatic rings. The summed E-state index contributed by atoms with van der Waals surface area (Å²) in [6.45, 7) is 5.44. The van der Waals surface area contributed by atoms with Gasteiger partial charge in [0.05, 0.1) is 17.7 Å². The van der Waals surface area contributed by atoms with Crippen LogP contribution in [0, 0.1) is 11.7 Å². The summed E-state index contributed by atoms with van der Waals surface area (Å²) in [5.41, 5.74) is 6.70. The molecule has 1 amide bonds. The highest BCUT2D eigenvalue weighted by molar-refractivity contribution is 7.17. The Balaban J connectivity index is 1.78. The monoisotopic (exact) mass is 448 g/mol. The number of nitrogen functional groups attached to an aromatic ring is 1. The van der Waals surface area contributed by atoms with E-state index in [4.69, 9.17) is 15.2 Å². The molecule has 1 aromatic heterocycles. The zero-order valence-corrected chi connectivity index (χ0v) is 18.4. The summed E-state index contributed by atoms with van der Waals surface area (Å²) in [6, 6.07) is 3.52. The number of nitrogens with one attached hydrogen (secondary N) is 1. The quantitative estimate of drug-likeness (QED) is 0.512. The lowest BCUT2D eigenvalue weighted by Gasteiger charge is -2.18. The summed E-state index contributed by atoms with van der Waals surface area (Å²) in [5.74, 6) is -2.43. The largest absolute Gasteiger partial charge is 0.462 e. The average molecular weight is 449 g/mol. The SMILES string of the molecule is CCOC(=O)c1c(NC(=O)[C@H](C)OC(=O)c2cc(N)ccc2F)sc2c1CC[C@@H](C)C2. The van der Waals surface area contributed by atoms with Crippen LogP contribution >= 0.6 is 11.3 Å². The fourth-order valence-corrected chi connectivity index (χ4v) is 4.85. The van der Waals surface area contributed by atoms with Crippen molar-refractivity contribution in [3.05, 3.63) is 45.6 Å². The van der Waals surface area contributed by atoms with Gasteiger partial charge in [0.1, 0.15) is 10.8 Å². The van der Waals surface area contributed by atoms with Crippen LogP contribution < -0.4 is 11.1 Å². The van der Waals surface area contributed by atoms with Gasteiger partial charge in [-0.3, -0.25) is 4.79 Å². The Labute approximate surface area is 183 Å². The summed E-state index contributed by atoms with van der Waals surface area (Å²) < 4.78 is 24.2. The van der Waals surface area contributed by atoms with Crippen molar-refractivity contribution in [2.75, 3.05) is 17.7 Å². The van der Waals surface area contributed by atoms with Crippen LogP contribution in [0.5, 0.6) is 0 Å². The molecule has 0 unspecified atom stereocenters. The second-order valence-corrected chi connectivity index (χ2v) is 8.66. The number of carbonyl (C=O) groups excluding carboxylic acids is 3. The molecule has 7 nitrogen and oxygen atoms in total. The number of thiophene rings is 1. The van der Waals surface area contributed by atoms with Gasteiger partial charge in [-0.1, -0.05) is 6.92 Å². The number of amides is 1. The summed E-state index contributed by atoms with van der Waals surface area (Å²) in [6.07, 6.45) is 1.28. The van der Waals surface area contributed by atoms with E-state index in [1.807, 2.05) is 0 Å². The van der Waals surface area contributed by atoms with Crippen molar-refractivity contribution in [3.63, 3.8) is 0 Å². The van der Waals surface area contributed by atoms with E-state index in [0.29, 0.717) is 16.5 Å². The van der Waals surface area contributed by atoms with E-state index in [2.05, 4.69) is 12.2 Å². The van der Waals surface area contributed by atoms with Crippen LogP contribution in [0.15, 0.2) is 18.2 Å². The van der Waals surface area contributed by atoms with Gasteiger partial charge < -0.3 is 20.5 Å². The molecule has 0 bridgehead atoms. The lowest BCUT2D eigenvalue weighted by atomic mass is 9.88. The number of rotatable bonds is 6. The van der Waals surface area contributed by atoms with Gasteiger partial charge in [-0.25, -0.2) is 14.0 Å². The number of benzene rings is 1. The number of carbonyl (C=O) groups is 3. The third kappa shape index (κ3) is 5.04. The number of anilines is 2. The van der Waals surface area contributed by atoms with Gasteiger partial charge >= 0.3 is 11.9 Å². The van der Waals surface area contributed by atoms with Gasteiger partial charge in [-0.05, 0) is 62.8 Å². The average Bonchev–Trinajstić information content (AvgIpc) is 3.06. The van der Waals surface area contributed by atoms with Gasteiger partial charge in [-0.15, -0.1) is 11.3 Å². The van der Waals surface area contributed by atoms with Gasteiger partial charge in [-0.2, -0.15) is 0 Å². The van der Waals surface area contributed by atoms with E-state index < -0.39 is 29.8 Å². The second-order valence-electron chi connectivity index (χ2n) is 7.55. The van der Waals surface area contributed by atoms with Crippen LogP contribution in [-0.4, -0.2) is 30.6 Å². The van der Waals surface area contributed by atoms with Gasteiger partial charge in [0.15, 0.2) is 6.10 Å². The third-order valence-corrected chi connectivity index (χ3v) is 6.26. The van der Waals surface area contributed by atoms with E-state index in [9.17, 15) is 18.8 Å². The maximum atomic E-state index is 13.9. The Kier molecular flexibility index (Phi) is 6.94. The molecule has 31 heavy (non-hydrogen) atoms. The van der Waals surface area contributed by atoms with Gasteiger partial charge in [0.25, 0.3) is 5.91 Å². The molecule has 0 spiro atoms. The van der Waals surface area contributed by atoms with E-state index in [-0.39, 0.29) is 17.9 Å². The molecule has 3 rings (SSSR count). The van der Waals surface area contributed by atoms with E-state index in [1.54, 1.807) is 6.92 Å². The summed E-state index contributed by atoms with van der Waals surface area (Å²) in [5, 5.41) is 3.06. The number of hydrogen-bond acceptors (Lipinski definition) is 7. The molecule has 166 valence electrons. The maximum absolute atomic E-state index is 13.9. The normalized spacial score (nSPS) is 16.2. The second kappa shape index (κ2) is 9.47. The summed E-state index contributed by atoms with van der Waals surface area (Å²) >= 11 is 1.34. The van der Waals surface area contributed by atoms with Crippen LogP contribution in [0.1, 0.15) is 58.3 Å². The molecule has 0 fully saturated rings. The highest BCUT2D eigenvalue weighted by Gasteiger charge is 2.30. The van der Waals surface area contributed by atoms with Crippen molar-refractivity contribution in [2.45, 2.75) is 46.1 Å². The lowest BCUT2D eigenvalue weighted by Crippen LogP contribution is -2.30. The smallest absolute Gasteiger partial charge is 0.341 e. The Hall–Kier alpha value is -2.94. The van der Waals surface area contributed by atoms with Gasteiger partial charge in [0.2, 0.25) is 0 Å². The third-order valence-electron chi connectivity index (χ3n) is 5.09. The van der Waals surface area contributed by atoms with Crippen molar-refractivity contribution in [2.24, 2.45) is 5.92 Å². The molecule has 1 aliphatic carbocycles. The predicted molar refractivity (Wildman–Crippen MR) is 116 cm³/mol. The molecule has 9 heteroatoms. The number of nitrogens with two attached hydrogens (primary N) is 1. The molecular formula is C22H25FN2O5S. The minimum absolute atomic E-state index is 0.197. The molecule has 3 N–H and O–H groups in total. The number of halogens is 1. The minimum atomic E-state index is -1.22. The summed E-state index contributed by atoms with van der Waals surface area (Å²) in [7, 11) is 0. The zero-order valence-electron chi connectivity index (χ0n) is 17.6. The minimum Gasteiger partial charge on any atom is -0.462 e. The Morgan fingerprint density at radius 1 is 1.32 bits per heavy atom. The van der Waals surface area contributed by atoms with E-state index >= 15 is 0 Å². The molecule has 2 atom stereocenters. The first kappa shape index (κ1) is 22.7. The molecular weight excluding hydrogens is 423 g/mol. The van der Waals surface area contributed by atoms with Crippen molar-refractivity contribution in [3.8, 4) is 0 Å². The fraction of sp³-hybridized carbons (Fsp3) is 0.409. The maximum Gasteiger partial charge on any atom is 0.341 e. The first-order valence-corrected chi connectivity index (χ1v) is 10.9. The highest BCUT2D eigenvalue weighted by Crippen LogP contribution is 2.40. The zero-order chi connectivity index (χ0) is 22.7. The number of fused-ring (bicyclic) bond motifs is 1. The van der Waals surface area contributed by atoms with Crippen LogP contribution in [0.4, 0.5) is 15.1 Å². The Morgan fingerprint density at radius 2 is 2.06 bits per heavy atom. The molecule has 1 heterocycles. The van der Waals surface area contributed by atoms with Crippen molar-refractivity contribution >= 4 is 39.9 Å². The van der Waals surface area contributed by atoms with Crippen molar-refractivity contribution in [1.82, 2.24) is 0 Å². The predicted octanol–water partition coefficient (Wildman–Crippen LogP) is 3.95. The molecule has 0 aliphatic heterocycles. The first-order chi connectivity index (χ1) is 14.7. The standard InChI is InChI=1S/C22H25FN2O5S/c1-4-29-22(28)18-14-7-5-11(2)9-17(14)31-20(18)25-19(26)12(3)30-21(27)15-10-13(24)6-8-16(15)23/h6,8,10-12H,4-5,7,9,24H2,1-3H3,(H,25,26)/t11-,12+/m1/s1. The Bertz CT molecular complexity index is 1020. The Morgan fingerprint density at radius 3 is 2.77 bits per heavy atom. The van der Waals surface area contributed by atoms with E-state index in [1.165, 1.54) is 24.3 Å². The summed E-state index contributed by atoms with van der Waals surface area (Å²) in [4.78, 5) is 38.6. The topological polar surface area (TPSA) is 108 Å². The number of ether oxygens (including phenoxy) is 2. The number of esters is 2. The fourth-order valence-electron chi connectivity index (χ4n) is 3.45. The first-order valence-electron chi connectivity index (χ1n) is 10.1. The molecule has 0 saturated carbocycles. The molecule has 2 aromatic rings. The highest BCUT2D eigenvalue weighted by atomic mass is 32.1. The lowest BCUT2D eigenvalue weighted by molar-refractivity contribution is -0.123. The van der Waals surface area contributed by atoms with E-state index in [0.717, 1.165) is 41.8 Å². The van der Waals surface area contributed by atoms with Crippen LogP contribution in [-0.2, 0) is 27.1 Å².